The van der Waals surface area contributed by atoms with Gasteiger partial charge in [-0.1, -0.05) is 24.3 Å². The predicted molar refractivity (Wildman–Crippen MR) is 171 cm³/mol. The van der Waals surface area contributed by atoms with Gasteiger partial charge in [-0.05, 0) is 36.1 Å². The zero-order chi connectivity index (χ0) is 31.6. The lowest BCUT2D eigenvalue weighted by Crippen LogP contribution is -2.32. The van der Waals surface area contributed by atoms with Gasteiger partial charge in [0.15, 0.2) is 23.0 Å². The molecule has 0 spiro atoms. The third kappa shape index (κ3) is 11.8. The normalized spacial score (nSPS) is 17.3. The Morgan fingerprint density at radius 1 is 0.614 bits per heavy atom. The number of allylic oxidation sites excluding steroid dienone is 2. The van der Waals surface area contributed by atoms with E-state index in [0.717, 1.165) is 48.4 Å². The number of phenols is 2. The fourth-order valence-electron chi connectivity index (χ4n) is 5.05. The molecule has 0 aliphatic carbocycles. The van der Waals surface area contributed by atoms with Crippen LogP contribution in [-0.4, -0.2) is 113 Å². The number of aromatic hydroxyl groups is 2. The van der Waals surface area contributed by atoms with Crippen molar-refractivity contribution in [1.82, 2.24) is 9.80 Å². The molecule has 0 saturated carbocycles. The van der Waals surface area contributed by atoms with Crippen LogP contribution >= 0.6 is 0 Å². The van der Waals surface area contributed by atoms with E-state index in [1.165, 1.54) is 0 Å². The van der Waals surface area contributed by atoms with Crippen molar-refractivity contribution >= 4 is 0 Å². The number of ether oxygens (including phenoxy) is 6. The molecule has 0 amide bonds. The first-order valence-corrected chi connectivity index (χ1v) is 15.2. The average Bonchev–Trinajstić information content (AvgIpc) is 3.01. The van der Waals surface area contributed by atoms with Crippen LogP contribution in [0.4, 0.5) is 0 Å². The zero-order valence-electron chi connectivity index (χ0n) is 26.4. The summed E-state index contributed by atoms with van der Waals surface area (Å²) in [5, 5.41) is 20.9. The summed E-state index contributed by atoms with van der Waals surface area (Å²) in [5.41, 5.74) is 3.66. The minimum Gasteiger partial charge on any atom is -0.504 e. The molecule has 0 unspecified atom stereocenters. The minimum atomic E-state index is 0.156. The van der Waals surface area contributed by atoms with E-state index in [9.17, 15) is 10.2 Å². The molecule has 0 radical (unpaired) electrons. The Kier molecular flexibility index (Phi) is 16.1. The second-order valence-corrected chi connectivity index (χ2v) is 10.6. The van der Waals surface area contributed by atoms with Crippen LogP contribution in [0.5, 0.6) is 23.0 Å². The molecule has 0 bridgehead atoms. The van der Waals surface area contributed by atoms with Crippen molar-refractivity contribution in [2.24, 2.45) is 0 Å². The SMILES string of the molecule is C=CCc1cc(CN2CCOCCOCCN(Cc3cc(CC=C)c(O)c(OC)c3)CCOCCOCC2)cc(OC)c1O. The molecule has 0 aromatic heterocycles. The highest BCUT2D eigenvalue weighted by Gasteiger charge is 2.15. The molecule has 1 saturated heterocycles. The molecule has 0 atom stereocenters. The van der Waals surface area contributed by atoms with Gasteiger partial charge in [-0.3, -0.25) is 9.80 Å². The number of rotatable bonds is 10. The summed E-state index contributed by atoms with van der Waals surface area (Å²) in [5.74, 6) is 1.23. The van der Waals surface area contributed by atoms with Crippen molar-refractivity contribution in [3.05, 3.63) is 71.8 Å². The Morgan fingerprint density at radius 2 is 0.955 bits per heavy atom. The van der Waals surface area contributed by atoms with Gasteiger partial charge >= 0.3 is 0 Å². The van der Waals surface area contributed by atoms with Crippen LogP contribution < -0.4 is 9.47 Å². The van der Waals surface area contributed by atoms with Crippen molar-refractivity contribution in [1.29, 1.82) is 0 Å². The molecule has 1 aliphatic heterocycles. The van der Waals surface area contributed by atoms with Gasteiger partial charge in [0.2, 0.25) is 0 Å². The summed E-state index contributed by atoms with van der Waals surface area (Å²) in [6.07, 6.45) is 4.65. The van der Waals surface area contributed by atoms with Gasteiger partial charge in [-0.2, -0.15) is 0 Å². The first-order valence-electron chi connectivity index (χ1n) is 15.2. The summed E-state index contributed by atoms with van der Waals surface area (Å²) in [7, 11) is 3.12. The maximum Gasteiger partial charge on any atom is 0.161 e. The second kappa shape index (κ2) is 20.0. The number of benzene rings is 2. The molecule has 3 rings (SSSR count). The molecule has 2 aromatic rings. The maximum absolute atomic E-state index is 10.5. The highest BCUT2D eigenvalue weighted by Crippen LogP contribution is 2.33. The lowest BCUT2D eigenvalue weighted by atomic mass is 10.1. The van der Waals surface area contributed by atoms with Gasteiger partial charge in [0.1, 0.15) is 0 Å². The fraction of sp³-hybridized carbons (Fsp3) is 0.529. The standard InChI is InChI=1S/C34H50N2O8/c1-5-7-29-21-27(23-31(39-3)33(29)37)25-35-9-13-41-17-19-43-15-11-36(12-16-44-20-18-42-14-10-35)26-28-22-30(8-6-2)34(38)32(24-28)40-4/h5-6,21-24,37-38H,1-2,7-20,25-26H2,3-4H3. The number of nitrogens with zero attached hydrogens (tertiary/aromatic N) is 2. The van der Waals surface area contributed by atoms with E-state index >= 15 is 0 Å². The fourth-order valence-corrected chi connectivity index (χ4v) is 5.05. The van der Waals surface area contributed by atoms with Gasteiger partial charge in [-0.15, -0.1) is 13.2 Å². The van der Waals surface area contributed by atoms with Crippen LogP contribution in [0.1, 0.15) is 22.3 Å². The minimum absolute atomic E-state index is 0.156. The molecule has 10 nitrogen and oxygen atoms in total. The van der Waals surface area contributed by atoms with Crippen LogP contribution in [0, 0.1) is 0 Å². The Hall–Kier alpha value is -3.12. The van der Waals surface area contributed by atoms with Crippen LogP contribution in [0.25, 0.3) is 0 Å². The van der Waals surface area contributed by atoms with E-state index in [-0.39, 0.29) is 11.5 Å². The van der Waals surface area contributed by atoms with E-state index in [1.54, 1.807) is 26.4 Å². The van der Waals surface area contributed by atoms with Crippen molar-refractivity contribution in [3.8, 4) is 23.0 Å². The molecule has 1 fully saturated rings. The first-order chi connectivity index (χ1) is 21.5. The number of methoxy groups -OCH3 is 2. The monoisotopic (exact) mass is 614 g/mol. The van der Waals surface area contributed by atoms with Gasteiger partial charge in [-0.25, -0.2) is 0 Å². The van der Waals surface area contributed by atoms with Crippen LogP contribution in [0.15, 0.2) is 49.6 Å². The first kappa shape index (κ1) is 35.4. The van der Waals surface area contributed by atoms with Crippen molar-refractivity contribution in [2.45, 2.75) is 25.9 Å². The van der Waals surface area contributed by atoms with Crippen molar-refractivity contribution < 1.29 is 38.6 Å². The van der Waals surface area contributed by atoms with Crippen molar-refractivity contribution in [2.75, 3.05) is 93.3 Å². The molecule has 2 aromatic carbocycles. The van der Waals surface area contributed by atoms with Gasteiger partial charge in [0, 0.05) is 50.4 Å². The maximum atomic E-state index is 10.5. The molecule has 44 heavy (non-hydrogen) atoms. The summed E-state index contributed by atoms with van der Waals surface area (Å²) in [4.78, 5) is 4.54. The molecule has 10 heteroatoms. The van der Waals surface area contributed by atoms with E-state index in [4.69, 9.17) is 28.4 Å². The molecule has 1 heterocycles. The van der Waals surface area contributed by atoms with Crippen LogP contribution in [0.2, 0.25) is 0 Å². The van der Waals surface area contributed by atoms with Crippen LogP contribution in [0.3, 0.4) is 0 Å². The van der Waals surface area contributed by atoms with E-state index in [1.807, 2.05) is 24.3 Å². The lowest BCUT2D eigenvalue weighted by molar-refractivity contribution is 0.00622. The van der Waals surface area contributed by atoms with Gasteiger partial charge in [0.05, 0.1) is 67.1 Å². The summed E-state index contributed by atoms with van der Waals surface area (Å²) in [6.45, 7) is 16.1. The van der Waals surface area contributed by atoms with Gasteiger partial charge in [0.25, 0.3) is 0 Å². The number of hydrogen-bond donors (Lipinski definition) is 2. The summed E-state index contributed by atoms with van der Waals surface area (Å²) in [6, 6.07) is 7.74. The summed E-state index contributed by atoms with van der Waals surface area (Å²) >= 11 is 0. The second-order valence-electron chi connectivity index (χ2n) is 10.6. The third-order valence-electron chi connectivity index (χ3n) is 7.36. The Labute approximate surface area is 262 Å². The highest BCUT2D eigenvalue weighted by molar-refractivity contribution is 5.50. The van der Waals surface area contributed by atoms with E-state index in [2.05, 4.69) is 23.0 Å². The largest absolute Gasteiger partial charge is 0.504 e. The predicted octanol–water partition coefficient (Wildman–Crippen LogP) is 3.96. The Balaban J connectivity index is 1.55. The molecule has 244 valence electrons. The number of hydrogen-bond acceptors (Lipinski definition) is 10. The Bertz CT molecular complexity index is 1050. The molecular weight excluding hydrogens is 564 g/mol. The quantitative estimate of drug-likeness (QED) is 0.383. The summed E-state index contributed by atoms with van der Waals surface area (Å²) < 4.78 is 34.4. The topological polar surface area (TPSA) is 102 Å². The molecule has 1 aliphatic rings. The van der Waals surface area contributed by atoms with E-state index < -0.39 is 0 Å². The lowest BCUT2D eigenvalue weighted by Gasteiger charge is -2.24. The Morgan fingerprint density at radius 3 is 1.25 bits per heavy atom. The molecule has 2 N–H and O–H groups in total. The van der Waals surface area contributed by atoms with E-state index in [0.29, 0.717) is 90.3 Å². The zero-order valence-corrected chi connectivity index (χ0v) is 26.4. The van der Waals surface area contributed by atoms with Crippen molar-refractivity contribution in [3.63, 3.8) is 0 Å². The third-order valence-corrected chi connectivity index (χ3v) is 7.36. The number of phenolic OH excluding ortho intramolecular Hbond substituents is 2. The highest BCUT2D eigenvalue weighted by atomic mass is 16.5. The van der Waals surface area contributed by atoms with Crippen LogP contribution in [-0.2, 0) is 44.9 Å². The molecular formula is C34H50N2O8. The van der Waals surface area contributed by atoms with Gasteiger partial charge < -0.3 is 38.6 Å². The average molecular weight is 615 g/mol. The smallest absolute Gasteiger partial charge is 0.161 e.